The van der Waals surface area contributed by atoms with Crippen LogP contribution in [0.1, 0.15) is 25.5 Å². The zero-order chi connectivity index (χ0) is 12.4. The van der Waals surface area contributed by atoms with Crippen LogP contribution < -0.4 is 10.2 Å². The van der Waals surface area contributed by atoms with E-state index in [2.05, 4.69) is 22.5 Å². The molecule has 2 bridgehead atoms. The largest absolute Gasteiger partial charge is 0.371 e. The fraction of sp³-hybridized carbons (Fsp3) is 0.769. The second-order valence-corrected chi connectivity index (χ2v) is 5.92. The third-order valence-corrected chi connectivity index (χ3v) is 4.61. The first-order valence-electron chi connectivity index (χ1n) is 6.90. The summed E-state index contributed by atoms with van der Waals surface area (Å²) in [4.78, 5) is 7.16. The molecule has 2 saturated heterocycles. The van der Waals surface area contributed by atoms with E-state index in [-0.39, 0.29) is 0 Å². The highest BCUT2D eigenvalue weighted by atomic mass is 32.1. The first-order chi connectivity index (χ1) is 8.85. The second kappa shape index (κ2) is 5.55. The molecule has 0 aromatic carbocycles. The van der Waals surface area contributed by atoms with Gasteiger partial charge in [-0.05, 0) is 19.4 Å². The van der Waals surface area contributed by atoms with Crippen LogP contribution >= 0.6 is 11.3 Å². The van der Waals surface area contributed by atoms with Crippen LogP contribution in [0.5, 0.6) is 0 Å². The monoisotopic (exact) mass is 267 g/mol. The number of thiazole rings is 1. The molecular weight excluding hydrogens is 246 g/mol. The number of rotatable bonds is 5. The van der Waals surface area contributed by atoms with Crippen LogP contribution in [0.2, 0.25) is 0 Å². The van der Waals surface area contributed by atoms with Crippen LogP contribution in [0, 0.1) is 0 Å². The zero-order valence-electron chi connectivity index (χ0n) is 10.9. The van der Waals surface area contributed by atoms with Crippen molar-refractivity contribution in [3.63, 3.8) is 0 Å². The summed E-state index contributed by atoms with van der Waals surface area (Å²) < 4.78 is 5.86. The molecule has 2 aliphatic rings. The number of ether oxygens (including phenoxy) is 1. The molecule has 100 valence electrons. The van der Waals surface area contributed by atoms with Gasteiger partial charge in [-0.3, -0.25) is 0 Å². The highest BCUT2D eigenvalue weighted by Gasteiger charge is 2.34. The standard InChI is InChI=1S/C13H21N3OS/c1-2-14-6-5-10-9-18-13(15-10)16-7-11-3-4-12(8-16)17-11/h9,11-12,14H,2-8H2,1H3. The molecule has 2 fully saturated rings. The van der Waals surface area contributed by atoms with E-state index in [1.807, 2.05) is 0 Å². The summed E-state index contributed by atoms with van der Waals surface area (Å²) in [5.74, 6) is 0. The summed E-state index contributed by atoms with van der Waals surface area (Å²) >= 11 is 1.78. The Hall–Kier alpha value is -0.650. The summed E-state index contributed by atoms with van der Waals surface area (Å²) in [6.45, 7) is 6.24. The Morgan fingerprint density at radius 3 is 2.94 bits per heavy atom. The Balaban J connectivity index is 1.59. The van der Waals surface area contributed by atoms with E-state index >= 15 is 0 Å². The van der Waals surface area contributed by atoms with Crippen molar-refractivity contribution in [1.29, 1.82) is 0 Å². The Bertz CT molecular complexity index is 383. The third kappa shape index (κ3) is 2.68. The lowest BCUT2D eigenvalue weighted by atomic mass is 10.2. The predicted molar refractivity (Wildman–Crippen MR) is 74.5 cm³/mol. The van der Waals surface area contributed by atoms with Gasteiger partial charge in [0.15, 0.2) is 5.13 Å². The fourth-order valence-electron chi connectivity index (χ4n) is 2.72. The molecule has 18 heavy (non-hydrogen) atoms. The highest BCUT2D eigenvalue weighted by molar-refractivity contribution is 7.13. The van der Waals surface area contributed by atoms with Crippen LogP contribution in [0.15, 0.2) is 5.38 Å². The van der Waals surface area contributed by atoms with Gasteiger partial charge in [0.2, 0.25) is 0 Å². The van der Waals surface area contributed by atoms with Crippen molar-refractivity contribution < 1.29 is 4.74 Å². The molecule has 2 unspecified atom stereocenters. The molecule has 1 aromatic heterocycles. The average molecular weight is 267 g/mol. The predicted octanol–water partition coefficient (Wildman–Crippen LogP) is 1.66. The number of nitrogens with one attached hydrogen (secondary N) is 1. The summed E-state index contributed by atoms with van der Waals surface area (Å²) in [6.07, 6.45) is 4.36. The van der Waals surface area contributed by atoms with Crippen LogP contribution in [0.4, 0.5) is 5.13 Å². The third-order valence-electron chi connectivity index (χ3n) is 3.66. The van der Waals surface area contributed by atoms with E-state index in [1.54, 1.807) is 11.3 Å². The molecule has 0 aliphatic carbocycles. The van der Waals surface area contributed by atoms with Gasteiger partial charge in [0.25, 0.3) is 0 Å². The maximum atomic E-state index is 5.86. The molecule has 5 heteroatoms. The molecule has 0 radical (unpaired) electrons. The molecule has 0 saturated carbocycles. The first kappa shape index (κ1) is 12.4. The first-order valence-corrected chi connectivity index (χ1v) is 7.78. The van der Waals surface area contributed by atoms with Gasteiger partial charge >= 0.3 is 0 Å². The van der Waals surface area contributed by atoms with Crippen molar-refractivity contribution in [1.82, 2.24) is 10.3 Å². The molecule has 2 aliphatic heterocycles. The molecule has 3 heterocycles. The Kier molecular flexibility index (Phi) is 3.82. The molecule has 4 nitrogen and oxygen atoms in total. The minimum Gasteiger partial charge on any atom is -0.371 e. The van der Waals surface area contributed by atoms with Crippen molar-refractivity contribution >= 4 is 16.5 Å². The molecule has 1 aromatic rings. The van der Waals surface area contributed by atoms with Crippen LogP contribution in [-0.2, 0) is 11.2 Å². The number of nitrogens with zero attached hydrogens (tertiary/aromatic N) is 2. The normalized spacial score (nSPS) is 26.8. The van der Waals surface area contributed by atoms with Crippen LogP contribution in [-0.4, -0.2) is 43.4 Å². The van der Waals surface area contributed by atoms with E-state index in [0.717, 1.165) is 32.6 Å². The number of hydrogen-bond acceptors (Lipinski definition) is 5. The maximum Gasteiger partial charge on any atom is 0.185 e. The molecular formula is C13H21N3OS. The van der Waals surface area contributed by atoms with Gasteiger partial charge in [0.1, 0.15) is 0 Å². The zero-order valence-corrected chi connectivity index (χ0v) is 11.7. The smallest absolute Gasteiger partial charge is 0.185 e. The van der Waals surface area contributed by atoms with Crippen LogP contribution in [0.25, 0.3) is 0 Å². The second-order valence-electron chi connectivity index (χ2n) is 5.09. The summed E-state index contributed by atoms with van der Waals surface area (Å²) in [5.41, 5.74) is 1.22. The molecule has 0 spiro atoms. The number of aromatic nitrogens is 1. The number of anilines is 1. The van der Waals surface area contributed by atoms with E-state index < -0.39 is 0 Å². The van der Waals surface area contributed by atoms with Gasteiger partial charge in [0, 0.05) is 31.4 Å². The van der Waals surface area contributed by atoms with Gasteiger partial charge in [-0.2, -0.15) is 0 Å². The van der Waals surface area contributed by atoms with Crippen molar-refractivity contribution in [2.24, 2.45) is 0 Å². The van der Waals surface area contributed by atoms with E-state index in [1.165, 1.54) is 23.7 Å². The molecule has 1 N–H and O–H groups in total. The Labute approximate surface area is 112 Å². The number of fused-ring (bicyclic) bond motifs is 2. The van der Waals surface area contributed by atoms with Crippen molar-refractivity contribution in [3.8, 4) is 0 Å². The minimum atomic E-state index is 0.442. The lowest BCUT2D eigenvalue weighted by Gasteiger charge is -2.31. The Morgan fingerprint density at radius 2 is 2.22 bits per heavy atom. The van der Waals surface area contributed by atoms with Crippen LogP contribution in [0.3, 0.4) is 0 Å². The van der Waals surface area contributed by atoms with Crippen molar-refractivity contribution in [2.75, 3.05) is 31.1 Å². The van der Waals surface area contributed by atoms with Gasteiger partial charge < -0.3 is 15.0 Å². The fourth-order valence-corrected chi connectivity index (χ4v) is 3.60. The Morgan fingerprint density at radius 1 is 1.44 bits per heavy atom. The van der Waals surface area contributed by atoms with Gasteiger partial charge in [-0.1, -0.05) is 6.92 Å². The summed E-state index contributed by atoms with van der Waals surface area (Å²) in [6, 6.07) is 0. The number of likely N-dealkylation sites (N-methyl/N-ethyl adjacent to an activating group) is 1. The summed E-state index contributed by atoms with van der Waals surface area (Å²) in [7, 11) is 0. The maximum absolute atomic E-state index is 5.86. The molecule has 0 amide bonds. The van der Waals surface area contributed by atoms with E-state index in [9.17, 15) is 0 Å². The van der Waals surface area contributed by atoms with Crippen molar-refractivity contribution in [3.05, 3.63) is 11.1 Å². The molecule has 3 rings (SSSR count). The van der Waals surface area contributed by atoms with Gasteiger partial charge in [-0.15, -0.1) is 11.3 Å². The SMILES string of the molecule is CCNCCc1csc(N2CC3CCC(C2)O3)n1. The topological polar surface area (TPSA) is 37.4 Å². The van der Waals surface area contributed by atoms with E-state index in [0.29, 0.717) is 12.2 Å². The molecule has 2 atom stereocenters. The van der Waals surface area contributed by atoms with Crippen molar-refractivity contribution in [2.45, 2.75) is 38.4 Å². The van der Waals surface area contributed by atoms with E-state index in [4.69, 9.17) is 9.72 Å². The lowest BCUT2D eigenvalue weighted by Crippen LogP contribution is -2.42. The highest BCUT2D eigenvalue weighted by Crippen LogP contribution is 2.31. The van der Waals surface area contributed by atoms with Gasteiger partial charge in [-0.25, -0.2) is 4.98 Å². The lowest BCUT2D eigenvalue weighted by molar-refractivity contribution is 0.0305. The van der Waals surface area contributed by atoms with Gasteiger partial charge in [0.05, 0.1) is 17.9 Å². The minimum absolute atomic E-state index is 0.442. The number of hydrogen-bond donors (Lipinski definition) is 1. The quantitative estimate of drug-likeness (QED) is 0.823. The summed E-state index contributed by atoms with van der Waals surface area (Å²) in [5, 5.41) is 6.72. The number of morpholine rings is 1. The average Bonchev–Trinajstić information content (AvgIpc) is 2.97.